The van der Waals surface area contributed by atoms with Crippen LogP contribution in [0.2, 0.25) is 0 Å². The van der Waals surface area contributed by atoms with E-state index in [-0.39, 0.29) is 12.1 Å². The van der Waals surface area contributed by atoms with Crippen LogP contribution in [0.5, 0.6) is 0 Å². The maximum absolute atomic E-state index is 10.6. The molecular formula is C10H18O2. The second kappa shape index (κ2) is 4.48. The Morgan fingerprint density at radius 1 is 1.58 bits per heavy atom. The van der Waals surface area contributed by atoms with E-state index in [0.29, 0.717) is 12.3 Å². The third kappa shape index (κ3) is 2.23. The highest BCUT2D eigenvalue weighted by Gasteiger charge is 2.33. The van der Waals surface area contributed by atoms with Gasteiger partial charge in [-0.25, -0.2) is 0 Å². The molecule has 0 saturated carbocycles. The summed E-state index contributed by atoms with van der Waals surface area (Å²) in [6.07, 6.45) is 5.74. The average Bonchev–Trinajstić information content (AvgIpc) is 2.02. The lowest BCUT2D eigenvalue weighted by molar-refractivity contribution is -0.175. The van der Waals surface area contributed by atoms with Crippen LogP contribution in [0.3, 0.4) is 0 Å². The molecule has 1 aliphatic rings. The van der Waals surface area contributed by atoms with Crippen molar-refractivity contribution >= 4 is 5.97 Å². The minimum absolute atomic E-state index is 0.0186. The molecule has 0 bridgehead atoms. The molecule has 1 rings (SSSR count). The molecule has 0 amide bonds. The van der Waals surface area contributed by atoms with Crippen molar-refractivity contribution < 1.29 is 9.53 Å². The second-order valence-electron chi connectivity index (χ2n) is 3.54. The Hall–Kier alpha value is -0.530. The zero-order chi connectivity index (χ0) is 8.97. The number of cyclic esters (lactones) is 1. The van der Waals surface area contributed by atoms with Crippen molar-refractivity contribution in [2.75, 3.05) is 0 Å². The highest BCUT2D eigenvalue weighted by atomic mass is 16.6. The highest BCUT2D eigenvalue weighted by molar-refractivity contribution is 5.75. The maximum atomic E-state index is 10.6. The molecule has 0 spiro atoms. The quantitative estimate of drug-likeness (QED) is 0.593. The summed E-state index contributed by atoms with van der Waals surface area (Å²) >= 11 is 0. The Balaban J connectivity index is 2.21. The monoisotopic (exact) mass is 170 g/mol. The largest absolute Gasteiger partial charge is 0.461 e. The number of esters is 1. The van der Waals surface area contributed by atoms with Crippen molar-refractivity contribution in [2.45, 2.75) is 52.1 Å². The van der Waals surface area contributed by atoms with Gasteiger partial charge < -0.3 is 4.74 Å². The molecule has 1 saturated heterocycles. The van der Waals surface area contributed by atoms with Crippen LogP contribution in [0.4, 0.5) is 0 Å². The van der Waals surface area contributed by atoms with Crippen molar-refractivity contribution in [1.82, 2.24) is 0 Å². The fourth-order valence-corrected chi connectivity index (χ4v) is 1.71. The van der Waals surface area contributed by atoms with E-state index in [9.17, 15) is 4.79 Å². The van der Waals surface area contributed by atoms with Gasteiger partial charge in [0.05, 0.1) is 6.42 Å². The summed E-state index contributed by atoms with van der Waals surface area (Å²) in [5, 5.41) is 0. The Bertz CT molecular complexity index is 146. The Kier molecular flexibility index (Phi) is 3.57. The zero-order valence-electron chi connectivity index (χ0n) is 8.01. The molecule has 0 radical (unpaired) electrons. The summed E-state index contributed by atoms with van der Waals surface area (Å²) in [5.41, 5.74) is 0. The number of hydrogen-bond donors (Lipinski definition) is 0. The Morgan fingerprint density at radius 2 is 2.25 bits per heavy atom. The van der Waals surface area contributed by atoms with Crippen LogP contribution < -0.4 is 0 Å². The third-order valence-electron chi connectivity index (χ3n) is 2.63. The average molecular weight is 170 g/mol. The SMILES string of the molecule is CCCCC(CC)C1CC(=O)O1. The van der Waals surface area contributed by atoms with Crippen LogP contribution in [0.1, 0.15) is 46.0 Å². The Labute approximate surface area is 74.3 Å². The second-order valence-corrected chi connectivity index (χ2v) is 3.54. The normalized spacial score (nSPS) is 24.5. The Morgan fingerprint density at radius 3 is 2.67 bits per heavy atom. The molecule has 2 unspecified atom stereocenters. The number of rotatable bonds is 5. The molecule has 1 heterocycles. The molecule has 70 valence electrons. The smallest absolute Gasteiger partial charge is 0.309 e. The van der Waals surface area contributed by atoms with Crippen LogP contribution in [0.15, 0.2) is 0 Å². The van der Waals surface area contributed by atoms with E-state index < -0.39 is 0 Å². The first kappa shape index (κ1) is 9.56. The van der Waals surface area contributed by atoms with Crippen molar-refractivity contribution in [2.24, 2.45) is 5.92 Å². The number of unbranched alkanes of at least 4 members (excludes halogenated alkanes) is 1. The van der Waals surface area contributed by atoms with E-state index in [0.717, 1.165) is 6.42 Å². The summed E-state index contributed by atoms with van der Waals surface area (Å²) < 4.78 is 5.05. The van der Waals surface area contributed by atoms with Crippen LogP contribution in [-0.4, -0.2) is 12.1 Å². The van der Waals surface area contributed by atoms with Gasteiger partial charge in [-0.05, 0) is 18.8 Å². The van der Waals surface area contributed by atoms with Gasteiger partial charge in [-0.2, -0.15) is 0 Å². The van der Waals surface area contributed by atoms with Gasteiger partial charge in [0.15, 0.2) is 0 Å². The molecular weight excluding hydrogens is 152 g/mol. The minimum atomic E-state index is -0.0186. The predicted octanol–water partition coefficient (Wildman–Crippen LogP) is 2.52. The fraction of sp³-hybridized carbons (Fsp3) is 0.900. The van der Waals surface area contributed by atoms with Crippen molar-refractivity contribution in [3.63, 3.8) is 0 Å². The molecule has 1 aliphatic heterocycles. The highest BCUT2D eigenvalue weighted by Crippen LogP contribution is 2.28. The van der Waals surface area contributed by atoms with Gasteiger partial charge >= 0.3 is 5.97 Å². The van der Waals surface area contributed by atoms with E-state index in [1.54, 1.807) is 0 Å². The molecule has 0 aromatic heterocycles. The topological polar surface area (TPSA) is 26.3 Å². The van der Waals surface area contributed by atoms with E-state index in [2.05, 4.69) is 13.8 Å². The van der Waals surface area contributed by atoms with Gasteiger partial charge in [-0.15, -0.1) is 0 Å². The first-order chi connectivity index (χ1) is 5.77. The predicted molar refractivity (Wildman–Crippen MR) is 47.8 cm³/mol. The van der Waals surface area contributed by atoms with E-state index >= 15 is 0 Å². The zero-order valence-corrected chi connectivity index (χ0v) is 8.01. The molecule has 0 aliphatic carbocycles. The summed E-state index contributed by atoms with van der Waals surface area (Å²) in [7, 11) is 0. The minimum Gasteiger partial charge on any atom is -0.461 e. The fourth-order valence-electron chi connectivity index (χ4n) is 1.71. The van der Waals surface area contributed by atoms with E-state index in [1.807, 2.05) is 0 Å². The summed E-state index contributed by atoms with van der Waals surface area (Å²) in [4.78, 5) is 10.6. The van der Waals surface area contributed by atoms with Gasteiger partial charge in [0, 0.05) is 0 Å². The molecule has 2 atom stereocenters. The van der Waals surface area contributed by atoms with Crippen LogP contribution >= 0.6 is 0 Å². The summed E-state index contributed by atoms with van der Waals surface area (Å²) in [6, 6.07) is 0. The van der Waals surface area contributed by atoms with Crippen LogP contribution in [0.25, 0.3) is 0 Å². The lowest BCUT2D eigenvalue weighted by Gasteiger charge is -2.32. The lowest BCUT2D eigenvalue weighted by Crippen LogP contribution is -2.38. The van der Waals surface area contributed by atoms with Crippen molar-refractivity contribution in [3.8, 4) is 0 Å². The molecule has 0 N–H and O–H groups in total. The molecule has 2 nitrogen and oxygen atoms in total. The standard InChI is InChI=1S/C10H18O2/c1-3-5-6-8(4-2)9-7-10(11)12-9/h8-9H,3-7H2,1-2H3. The molecule has 1 fully saturated rings. The van der Waals surface area contributed by atoms with Crippen LogP contribution in [0, 0.1) is 5.92 Å². The summed E-state index contributed by atoms with van der Waals surface area (Å²) in [5.74, 6) is 0.595. The van der Waals surface area contributed by atoms with Gasteiger partial charge in [-0.1, -0.05) is 26.7 Å². The molecule has 0 aromatic rings. The summed E-state index contributed by atoms with van der Waals surface area (Å²) in [6.45, 7) is 4.37. The number of hydrogen-bond acceptors (Lipinski definition) is 2. The lowest BCUT2D eigenvalue weighted by atomic mass is 9.89. The van der Waals surface area contributed by atoms with Gasteiger partial charge in [0.2, 0.25) is 0 Å². The van der Waals surface area contributed by atoms with Gasteiger partial charge in [-0.3, -0.25) is 4.79 Å². The molecule has 12 heavy (non-hydrogen) atoms. The maximum Gasteiger partial charge on any atom is 0.309 e. The number of carbonyl (C=O) groups is 1. The molecule has 0 aromatic carbocycles. The molecule has 2 heteroatoms. The van der Waals surface area contributed by atoms with E-state index in [4.69, 9.17) is 4.74 Å². The van der Waals surface area contributed by atoms with Crippen LogP contribution in [-0.2, 0) is 9.53 Å². The van der Waals surface area contributed by atoms with Gasteiger partial charge in [0.25, 0.3) is 0 Å². The third-order valence-corrected chi connectivity index (χ3v) is 2.63. The number of ether oxygens (including phenoxy) is 1. The van der Waals surface area contributed by atoms with Crippen molar-refractivity contribution in [3.05, 3.63) is 0 Å². The first-order valence-electron chi connectivity index (χ1n) is 4.97. The van der Waals surface area contributed by atoms with Gasteiger partial charge in [0.1, 0.15) is 6.10 Å². The number of carbonyl (C=O) groups excluding carboxylic acids is 1. The first-order valence-corrected chi connectivity index (χ1v) is 4.97. The van der Waals surface area contributed by atoms with E-state index in [1.165, 1.54) is 19.3 Å². The van der Waals surface area contributed by atoms with Crippen molar-refractivity contribution in [1.29, 1.82) is 0 Å².